The van der Waals surface area contributed by atoms with E-state index in [1.54, 1.807) is 6.07 Å². The fraction of sp³-hybridized carbons (Fsp3) is 0.0714. The molecule has 2 aromatic heterocycles. The largest absolute Gasteiger partial charge is 0.477 e. The molecule has 0 bridgehead atoms. The molecule has 3 rings (SSSR count). The van der Waals surface area contributed by atoms with Crippen LogP contribution in [-0.4, -0.2) is 27.6 Å². The molecule has 0 spiro atoms. The molecular weight excluding hydrogens is 352 g/mol. The van der Waals surface area contributed by atoms with E-state index in [2.05, 4.69) is 15.5 Å². The average molecular weight is 362 g/mol. The van der Waals surface area contributed by atoms with Crippen LogP contribution >= 0.6 is 22.7 Å². The molecule has 1 aromatic carbocycles. The third-order valence-corrected chi connectivity index (χ3v) is 4.70. The van der Waals surface area contributed by atoms with Crippen LogP contribution in [0.5, 0.6) is 5.75 Å². The highest BCUT2D eigenvalue weighted by molar-refractivity contribution is 7.23. The summed E-state index contributed by atoms with van der Waals surface area (Å²) in [4.78, 5) is 23.2. The zero-order valence-corrected chi connectivity index (χ0v) is 13.7. The van der Waals surface area contributed by atoms with Gasteiger partial charge < -0.3 is 4.74 Å². The molecule has 0 saturated carbocycles. The third-order valence-electron chi connectivity index (χ3n) is 2.82. The van der Waals surface area contributed by atoms with Gasteiger partial charge in [-0.1, -0.05) is 29.5 Å². The summed E-state index contributed by atoms with van der Waals surface area (Å²) in [5, 5.41) is 24.3. The molecule has 2 heterocycles. The third kappa shape index (κ3) is 3.73. The van der Waals surface area contributed by atoms with Crippen molar-refractivity contribution in [1.82, 2.24) is 10.2 Å². The van der Waals surface area contributed by atoms with Gasteiger partial charge in [0.15, 0.2) is 17.4 Å². The second-order valence-electron chi connectivity index (χ2n) is 4.45. The number of rotatable bonds is 6. The number of nitro groups is 1. The van der Waals surface area contributed by atoms with Gasteiger partial charge in [0.05, 0.1) is 9.80 Å². The lowest BCUT2D eigenvalue weighted by Crippen LogP contribution is -2.20. The van der Waals surface area contributed by atoms with Crippen molar-refractivity contribution in [3.63, 3.8) is 0 Å². The van der Waals surface area contributed by atoms with Crippen LogP contribution in [0.3, 0.4) is 0 Å². The van der Waals surface area contributed by atoms with E-state index in [0.29, 0.717) is 10.1 Å². The van der Waals surface area contributed by atoms with E-state index in [1.807, 2.05) is 17.5 Å². The number of carbonyl (C=O) groups excluding carboxylic acids is 1. The van der Waals surface area contributed by atoms with Crippen LogP contribution in [0.2, 0.25) is 0 Å². The van der Waals surface area contributed by atoms with Crippen molar-refractivity contribution in [2.45, 2.75) is 0 Å². The molecule has 3 aromatic rings. The fourth-order valence-corrected chi connectivity index (χ4v) is 3.35. The maximum absolute atomic E-state index is 11.9. The summed E-state index contributed by atoms with van der Waals surface area (Å²) < 4.78 is 5.22. The Morgan fingerprint density at radius 3 is 2.83 bits per heavy atom. The molecule has 0 aliphatic rings. The van der Waals surface area contributed by atoms with Gasteiger partial charge in [-0.2, -0.15) is 0 Å². The maximum atomic E-state index is 11.9. The van der Waals surface area contributed by atoms with Gasteiger partial charge >= 0.3 is 5.69 Å². The van der Waals surface area contributed by atoms with E-state index in [0.717, 1.165) is 4.88 Å². The lowest BCUT2D eigenvalue weighted by atomic mass is 10.3. The minimum Gasteiger partial charge on any atom is -0.477 e. The SMILES string of the molecule is O=C(COc1ccccc1[N+](=O)[O-])Nc1nnc(-c2cccs2)s1. The number of carbonyl (C=O) groups is 1. The lowest BCUT2D eigenvalue weighted by molar-refractivity contribution is -0.385. The highest BCUT2D eigenvalue weighted by Crippen LogP contribution is 2.30. The van der Waals surface area contributed by atoms with Crippen molar-refractivity contribution in [2.75, 3.05) is 11.9 Å². The zero-order valence-electron chi connectivity index (χ0n) is 12.0. The molecule has 0 saturated heterocycles. The summed E-state index contributed by atoms with van der Waals surface area (Å²) >= 11 is 2.77. The first-order valence-electron chi connectivity index (χ1n) is 6.67. The van der Waals surface area contributed by atoms with E-state index in [9.17, 15) is 14.9 Å². The Balaban J connectivity index is 1.60. The smallest absolute Gasteiger partial charge is 0.310 e. The highest BCUT2D eigenvalue weighted by atomic mass is 32.1. The maximum Gasteiger partial charge on any atom is 0.310 e. The first kappa shape index (κ1) is 16.0. The topological polar surface area (TPSA) is 107 Å². The first-order chi connectivity index (χ1) is 11.6. The number of thiophene rings is 1. The minimum atomic E-state index is -0.564. The molecule has 8 nitrogen and oxygen atoms in total. The molecule has 0 fully saturated rings. The number of hydrogen-bond donors (Lipinski definition) is 1. The van der Waals surface area contributed by atoms with Crippen LogP contribution in [0, 0.1) is 10.1 Å². The molecule has 1 amide bonds. The van der Waals surface area contributed by atoms with Gasteiger partial charge in [0.25, 0.3) is 5.91 Å². The Morgan fingerprint density at radius 2 is 2.08 bits per heavy atom. The molecule has 122 valence electrons. The molecule has 0 aliphatic carbocycles. The predicted octanol–water partition coefficient (Wildman–Crippen LogP) is 3.19. The van der Waals surface area contributed by atoms with Gasteiger partial charge in [0.2, 0.25) is 5.13 Å². The second kappa shape index (κ2) is 7.15. The summed E-state index contributed by atoms with van der Waals surface area (Å²) in [5.74, 6) is -0.434. The Labute approximate surface area is 143 Å². The lowest BCUT2D eigenvalue weighted by Gasteiger charge is -2.05. The summed E-state index contributed by atoms with van der Waals surface area (Å²) in [5.41, 5.74) is -0.193. The summed E-state index contributed by atoms with van der Waals surface area (Å²) in [6.07, 6.45) is 0. The summed E-state index contributed by atoms with van der Waals surface area (Å²) in [6.45, 7) is -0.362. The zero-order chi connectivity index (χ0) is 16.9. The predicted molar refractivity (Wildman–Crippen MR) is 90.4 cm³/mol. The monoisotopic (exact) mass is 362 g/mol. The number of nitrogens with zero attached hydrogens (tertiary/aromatic N) is 3. The molecule has 1 N–H and O–H groups in total. The van der Waals surface area contributed by atoms with Gasteiger partial charge in [-0.25, -0.2) is 0 Å². The standard InChI is InChI=1S/C14H10N4O4S2/c19-12(8-22-10-5-2-1-4-9(10)18(20)21)15-14-17-16-13(24-14)11-6-3-7-23-11/h1-7H,8H2,(H,15,17,19). The van der Waals surface area contributed by atoms with Gasteiger partial charge in [-0.15, -0.1) is 21.5 Å². The number of benzene rings is 1. The number of anilines is 1. The quantitative estimate of drug-likeness (QED) is 0.533. The van der Waals surface area contributed by atoms with Crippen LogP contribution in [-0.2, 0) is 4.79 Å². The number of hydrogen-bond acceptors (Lipinski definition) is 8. The second-order valence-corrected chi connectivity index (χ2v) is 6.38. The van der Waals surface area contributed by atoms with Gasteiger partial charge in [-0.3, -0.25) is 20.2 Å². The number of nitro benzene ring substituents is 1. The Kier molecular flexibility index (Phi) is 4.77. The van der Waals surface area contributed by atoms with Gasteiger partial charge in [0, 0.05) is 6.07 Å². The average Bonchev–Trinajstić information content (AvgIpc) is 3.24. The molecule has 0 unspecified atom stereocenters. The number of amides is 1. The molecule has 0 atom stereocenters. The minimum absolute atomic E-state index is 0.0363. The van der Waals surface area contributed by atoms with Crippen LogP contribution < -0.4 is 10.1 Å². The van der Waals surface area contributed by atoms with Crippen LogP contribution in [0.4, 0.5) is 10.8 Å². The Morgan fingerprint density at radius 1 is 1.25 bits per heavy atom. The van der Waals surface area contributed by atoms with E-state index in [-0.39, 0.29) is 18.0 Å². The van der Waals surface area contributed by atoms with Gasteiger partial charge in [-0.05, 0) is 17.5 Å². The normalized spacial score (nSPS) is 10.3. The molecule has 0 aliphatic heterocycles. The van der Waals surface area contributed by atoms with E-state index in [1.165, 1.54) is 40.9 Å². The Bertz CT molecular complexity index is 863. The summed E-state index contributed by atoms with van der Waals surface area (Å²) in [7, 11) is 0. The van der Waals surface area contributed by atoms with Crippen LogP contribution in [0.1, 0.15) is 0 Å². The van der Waals surface area contributed by atoms with Gasteiger partial charge in [0.1, 0.15) is 0 Å². The summed E-state index contributed by atoms with van der Waals surface area (Å²) in [6, 6.07) is 9.68. The molecular formula is C14H10N4O4S2. The number of aromatic nitrogens is 2. The van der Waals surface area contributed by atoms with Crippen LogP contribution in [0.15, 0.2) is 41.8 Å². The van der Waals surface area contributed by atoms with E-state index >= 15 is 0 Å². The number of nitrogens with one attached hydrogen (secondary N) is 1. The fourth-order valence-electron chi connectivity index (χ4n) is 1.80. The molecule has 24 heavy (non-hydrogen) atoms. The molecule has 0 radical (unpaired) electrons. The van der Waals surface area contributed by atoms with Crippen molar-refractivity contribution in [1.29, 1.82) is 0 Å². The Hall–Kier alpha value is -2.85. The van der Waals surface area contributed by atoms with Crippen molar-refractivity contribution in [3.8, 4) is 15.6 Å². The molecule has 10 heteroatoms. The first-order valence-corrected chi connectivity index (χ1v) is 8.36. The van der Waals surface area contributed by atoms with Crippen molar-refractivity contribution < 1.29 is 14.5 Å². The number of ether oxygens (including phenoxy) is 1. The van der Waals surface area contributed by atoms with E-state index in [4.69, 9.17) is 4.74 Å². The van der Waals surface area contributed by atoms with Crippen molar-refractivity contribution >= 4 is 39.4 Å². The number of para-hydroxylation sites is 2. The van der Waals surface area contributed by atoms with Crippen molar-refractivity contribution in [3.05, 3.63) is 51.9 Å². The van der Waals surface area contributed by atoms with E-state index < -0.39 is 10.8 Å². The van der Waals surface area contributed by atoms with Crippen molar-refractivity contribution in [2.24, 2.45) is 0 Å². The van der Waals surface area contributed by atoms with Crippen LogP contribution in [0.25, 0.3) is 9.88 Å². The highest BCUT2D eigenvalue weighted by Gasteiger charge is 2.16.